The van der Waals surface area contributed by atoms with Crippen molar-refractivity contribution < 1.29 is 4.92 Å². The zero-order chi connectivity index (χ0) is 13.1. The Labute approximate surface area is 105 Å². The van der Waals surface area contributed by atoms with Gasteiger partial charge in [-0.1, -0.05) is 0 Å². The first-order chi connectivity index (χ1) is 8.58. The maximum Gasteiger partial charge on any atom is 0.287 e. The summed E-state index contributed by atoms with van der Waals surface area (Å²) in [7, 11) is 3.96. The van der Waals surface area contributed by atoms with Crippen LogP contribution in [-0.2, 0) is 0 Å². The number of allylic oxidation sites excluding steroid dienone is 1. The third-order valence-corrected chi connectivity index (χ3v) is 2.68. The number of nitro groups is 1. The van der Waals surface area contributed by atoms with Crippen LogP contribution in [0.2, 0.25) is 0 Å². The third kappa shape index (κ3) is 2.48. The van der Waals surface area contributed by atoms with Gasteiger partial charge >= 0.3 is 0 Å². The molecule has 0 aromatic carbocycles. The Balaban J connectivity index is 2.11. The molecule has 2 rings (SSSR count). The van der Waals surface area contributed by atoms with Gasteiger partial charge in [-0.15, -0.1) is 0 Å². The normalized spacial score (nSPS) is 14.3. The van der Waals surface area contributed by atoms with Gasteiger partial charge in [0.15, 0.2) is 0 Å². The number of hydrogen-bond donors (Lipinski definition) is 0. The summed E-state index contributed by atoms with van der Waals surface area (Å²) in [6, 6.07) is 3.11. The van der Waals surface area contributed by atoms with Crippen LogP contribution in [-0.4, -0.2) is 35.4 Å². The lowest BCUT2D eigenvalue weighted by Crippen LogP contribution is -2.23. The zero-order valence-corrected chi connectivity index (χ0v) is 10.3. The Hall–Kier alpha value is -2.37. The molecule has 1 aliphatic rings. The van der Waals surface area contributed by atoms with E-state index < -0.39 is 4.92 Å². The van der Waals surface area contributed by atoms with Crippen molar-refractivity contribution in [3.05, 3.63) is 52.5 Å². The molecule has 6 nitrogen and oxygen atoms in total. The fraction of sp³-hybridized carbons (Fsp3) is 0.250. The van der Waals surface area contributed by atoms with Crippen LogP contribution in [0.5, 0.6) is 0 Å². The minimum absolute atomic E-state index is 0.00395. The summed E-state index contributed by atoms with van der Waals surface area (Å²) in [5.74, 6) is 0.700. The number of rotatable bonds is 3. The van der Waals surface area contributed by atoms with Crippen molar-refractivity contribution in [2.75, 3.05) is 25.5 Å². The summed E-state index contributed by atoms with van der Waals surface area (Å²) < 4.78 is 0. The molecule has 1 aromatic heterocycles. The molecule has 0 saturated carbocycles. The van der Waals surface area contributed by atoms with Crippen molar-refractivity contribution in [1.29, 1.82) is 0 Å². The van der Waals surface area contributed by atoms with Gasteiger partial charge in [0.1, 0.15) is 12.0 Å². The van der Waals surface area contributed by atoms with Gasteiger partial charge in [0, 0.05) is 38.6 Å². The van der Waals surface area contributed by atoms with Crippen molar-refractivity contribution in [3.63, 3.8) is 0 Å². The molecule has 1 aliphatic heterocycles. The van der Waals surface area contributed by atoms with E-state index in [-0.39, 0.29) is 5.69 Å². The van der Waals surface area contributed by atoms with Gasteiger partial charge in [0.25, 0.3) is 5.69 Å². The van der Waals surface area contributed by atoms with Gasteiger partial charge in [0.05, 0.1) is 4.92 Å². The lowest BCUT2D eigenvalue weighted by molar-refractivity contribution is -0.385. The van der Waals surface area contributed by atoms with E-state index in [1.54, 1.807) is 6.07 Å². The van der Waals surface area contributed by atoms with Crippen molar-refractivity contribution >= 4 is 11.5 Å². The Morgan fingerprint density at radius 2 is 2.22 bits per heavy atom. The molecule has 0 saturated heterocycles. The number of hydrogen-bond acceptors (Lipinski definition) is 5. The largest absolute Gasteiger partial charge is 0.378 e. The summed E-state index contributed by atoms with van der Waals surface area (Å²) in [6.45, 7) is 0.703. The number of nitrogens with zero attached hydrogens (tertiary/aromatic N) is 4. The monoisotopic (exact) mass is 246 g/mol. The van der Waals surface area contributed by atoms with E-state index in [1.807, 2.05) is 36.2 Å². The molecule has 0 amide bonds. The van der Waals surface area contributed by atoms with Gasteiger partial charge in [-0.2, -0.15) is 0 Å². The number of anilines is 1. The lowest BCUT2D eigenvalue weighted by Gasteiger charge is -2.24. The molecule has 18 heavy (non-hydrogen) atoms. The zero-order valence-electron chi connectivity index (χ0n) is 10.3. The van der Waals surface area contributed by atoms with Crippen LogP contribution in [0.25, 0.3) is 0 Å². The second-order valence-corrected chi connectivity index (χ2v) is 4.12. The molecule has 0 spiro atoms. The predicted molar refractivity (Wildman–Crippen MR) is 69.1 cm³/mol. The van der Waals surface area contributed by atoms with E-state index in [2.05, 4.69) is 11.1 Å². The molecule has 0 N–H and O–H groups in total. The highest BCUT2D eigenvalue weighted by Gasteiger charge is 2.11. The summed E-state index contributed by atoms with van der Waals surface area (Å²) in [4.78, 5) is 18.1. The Kier molecular flexibility index (Phi) is 3.27. The maximum atomic E-state index is 10.5. The maximum absolute atomic E-state index is 10.5. The first kappa shape index (κ1) is 12.1. The van der Waals surface area contributed by atoms with Crippen LogP contribution in [0.1, 0.15) is 0 Å². The molecule has 0 atom stereocenters. The molecule has 0 bridgehead atoms. The fourth-order valence-electron chi connectivity index (χ4n) is 1.64. The third-order valence-electron chi connectivity index (χ3n) is 2.68. The summed E-state index contributed by atoms with van der Waals surface area (Å²) in [6.07, 6.45) is 7.24. The van der Waals surface area contributed by atoms with Crippen molar-refractivity contribution in [2.45, 2.75) is 0 Å². The summed E-state index contributed by atoms with van der Waals surface area (Å²) >= 11 is 0. The molecule has 0 radical (unpaired) electrons. The van der Waals surface area contributed by atoms with E-state index in [4.69, 9.17) is 0 Å². The average molecular weight is 246 g/mol. The number of aromatic nitrogens is 1. The summed E-state index contributed by atoms with van der Waals surface area (Å²) in [5, 5.41) is 10.5. The van der Waals surface area contributed by atoms with Crippen molar-refractivity contribution in [2.24, 2.45) is 0 Å². The van der Waals surface area contributed by atoms with Crippen LogP contribution in [0.15, 0.2) is 42.4 Å². The van der Waals surface area contributed by atoms with Gasteiger partial charge in [-0.05, 0) is 18.2 Å². The standard InChI is InChI=1S/C12H14N4O2/c1-14(2)10-5-7-15(8-6-10)12-4-3-11(9-13-12)16(17)18/h3-7,9H,8H2,1-2H3. The predicted octanol–water partition coefficient (Wildman–Crippen LogP) is 1.77. The second kappa shape index (κ2) is 4.87. The second-order valence-electron chi connectivity index (χ2n) is 4.12. The lowest BCUT2D eigenvalue weighted by atomic mass is 10.2. The highest BCUT2D eigenvalue weighted by molar-refractivity contribution is 5.48. The van der Waals surface area contributed by atoms with E-state index in [0.29, 0.717) is 12.4 Å². The van der Waals surface area contributed by atoms with Crippen LogP contribution >= 0.6 is 0 Å². The van der Waals surface area contributed by atoms with Crippen molar-refractivity contribution in [1.82, 2.24) is 9.88 Å². The SMILES string of the molecule is CN(C)C1=CCN(c2ccc([N+](=O)[O-])cn2)C=C1. The highest BCUT2D eigenvalue weighted by atomic mass is 16.6. The van der Waals surface area contributed by atoms with Crippen LogP contribution in [0.4, 0.5) is 11.5 Å². The fourth-order valence-corrected chi connectivity index (χ4v) is 1.64. The topological polar surface area (TPSA) is 62.5 Å². The molecular formula is C12H14N4O2. The number of likely N-dealkylation sites (N-methyl/N-ethyl adjacent to an activating group) is 1. The highest BCUT2D eigenvalue weighted by Crippen LogP contribution is 2.19. The van der Waals surface area contributed by atoms with Crippen LogP contribution < -0.4 is 4.90 Å². The van der Waals surface area contributed by atoms with E-state index in [9.17, 15) is 10.1 Å². The first-order valence-electron chi connectivity index (χ1n) is 5.50. The van der Waals surface area contributed by atoms with Gasteiger partial charge < -0.3 is 9.80 Å². The van der Waals surface area contributed by atoms with Gasteiger partial charge in [0.2, 0.25) is 0 Å². The van der Waals surface area contributed by atoms with Gasteiger partial charge in [-0.3, -0.25) is 10.1 Å². The first-order valence-corrected chi connectivity index (χ1v) is 5.50. The van der Waals surface area contributed by atoms with Crippen LogP contribution in [0, 0.1) is 10.1 Å². The quantitative estimate of drug-likeness (QED) is 0.600. The minimum Gasteiger partial charge on any atom is -0.378 e. The van der Waals surface area contributed by atoms with E-state index in [0.717, 1.165) is 5.70 Å². The smallest absolute Gasteiger partial charge is 0.287 e. The Morgan fingerprint density at radius 1 is 1.44 bits per heavy atom. The van der Waals surface area contributed by atoms with Gasteiger partial charge in [-0.25, -0.2) is 4.98 Å². The van der Waals surface area contributed by atoms with E-state index >= 15 is 0 Å². The average Bonchev–Trinajstić information content (AvgIpc) is 2.39. The Bertz CT molecular complexity index is 505. The number of pyridine rings is 1. The molecule has 2 heterocycles. The molecule has 6 heteroatoms. The molecule has 94 valence electrons. The summed E-state index contributed by atoms with van der Waals surface area (Å²) in [5.41, 5.74) is 1.14. The molecular weight excluding hydrogens is 232 g/mol. The Morgan fingerprint density at radius 3 is 2.67 bits per heavy atom. The van der Waals surface area contributed by atoms with Crippen LogP contribution in [0.3, 0.4) is 0 Å². The minimum atomic E-state index is -0.452. The van der Waals surface area contributed by atoms with Crippen molar-refractivity contribution in [3.8, 4) is 0 Å². The molecule has 0 aliphatic carbocycles. The molecule has 0 unspecified atom stereocenters. The molecule has 1 aromatic rings. The molecule has 0 fully saturated rings. The van der Waals surface area contributed by atoms with E-state index in [1.165, 1.54) is 12.3 Å².